The van der Waals surface area contributed by atoms with Crippen LogP contribution in [0.1, 0.15) is 23.9 Å². The topological polar surface area (TPSA) is 92.3 Å². The van der Waals surface area contributed by atoms with Crippen LogP contribution in [0.5, 0.6) is 0 Å². The first-order valence-corrected chi connectivity index (χ1v) is 4.50. The van der Waals surface area contributed by atoms with Crippen LogP contribution < -0.4 is 5.73 Å². The number of rotatable bonds is 4. The summed E-state index contributed by atoms with van der Waals surface area (Å²) in [5.74, 6) is 0.634. The Kier molecular flexibility index (Phi) is 3.94. The SMILES string of the molecule is Cc1ncc(C(O)C(O)CCN)cn1. The van der Waals surface area contributed by atoms with Gasteiger partial charge in [0.1, 0.15) is 11.9 Å². The Morgan fingerprint density at radius 1 is 1.36 bits per heavy atom. The van der Waals surface area contributed by atoms with Gasteiger partial charge in [0.15, 0.2) is 0 Å². The van der Waals surface area contributed by atoms with E-state index in [0.29, 0.717) is 24.4 Å². The van der Waals surface area contributed by atoms with Gasteiger partial charge in [0.05, 0.1) is 6.10 Å². The fourth-order valence-electron chi connectivity index (χ4n) is 1.11. The Balaban J connectivity index is 2.68. The van der Waals surface area contributed by atoms with Crippen molar-refractivity contribution >= 4 is 0 Å². The highest BCUT2D eigenvalue weighted by Crippen LogP contribution is 2.16. The van der Waals surface area contributed by atoms with Crippen LogP contribution in [-0.2, 0) is 0 Å². The lowest BCUT2D eigenvalue weighted by atomic mass is 10.1. The van der Waals surface area contributed by atoms with E-state index in [9.17, 15) is 10.2 Å². The van der Waals surface area contributed by atoms with Gasteiger partial charge in [-0.25, -0.2) is 9.97 Å². The Labute approximate surface area is 82.6 Å². The predicted molar refractivity (Wildman–Crippen MR) is 51.4 cm³/mol. The van der Waals surface area contributed by atoms with Crippen molar-refractivity contribution in [2.75, 3.05) is 6.54 Å². The van der Waals surface area contributed by atoms with Gasteiger partial charge in [-0.2, -0.15) is 0 Å². The average molecular weight is 197 g/mol. The van der Waals surface area contributed by atoms with Gasteiger partial charge in [-0.3, -0.25) is 0 Å². The minimum atomic E-state index is -0.959. The minimum Gasteiger partial charge on any atom is -0.390 e. The van der Waals surface area contributed by atoms with Crippen LogP contribution in [-0.4, -0.2) is 32.8 Å². The van der Waals surface area contributed by atoms with Crippen molar-refractivity contribution in [2.45, 2.75) is 25.6 Å². The number of aromatic nitrogens is 2. The van der Waals surface area contributed by atoms with E-state index in [-0.39, 0.29) is 0 Å². The summed E-state index contributed by atoms with van der Waals surface area (Å²) in [5, 5.41) is 19.1. The molecule has 0 spiro atoms. The van der Waals surface area contributed by atoms with Gasteiger partial charge in [-0.05, 0) is 19.9 Å². The minimum absolute atomic E-state index is 0.338. The molecule has 1 rings (SSSR count). The van der Waals surface area contributed by atoms with Crippen molar-refractivity contribution in [2.24, 2.45) is 5.73 Å². The maximum absolute atomic E-state index is 9.63. The molecule has 0 saturated carbocycles. The molecule has 0 aliphatic carbocycles. The molecule has 5 heteroatoms. The maximum atomic E-state index is 9.63. The second-order valence-corrected chi connectivity index (χ2v) is 3.15. The lowest BCUT2D eigenvalue weighted by Gasteiger charge is -2.16. The molecule has 14 heavy (non-hydrogen) atoms. The molecule has 1 aromatic heterocycles. The van der Waals surface area contributed by atoms with Crippen LogP contribution in [0.4, 0.5) is 0 Å². The van der Waals surface area contributed by atoms with Crippen LogP contribution in [0, 0.1) is 6.92 Å². The van der Waals surface area contributed by atoms with Crippen LogP contribution in [0.25, 0.3) is 0 Å². The summed E-state index contributed by atoms with van der Waals surface area (Å²) < 4.78 is 0. The quantitative estimate of drug-likeness (QED) is 0.606. The van der Waals surface area contributed by atoms with E-state index in [1.165, 1.54) is 12.4 Å². The molecule has 78 valence electrons. The first-order valence-electron chi connectivity index (χ1n) is 4.50. The molecule has 0 bridgehead atoms. The fraction of sp³-hybridized carbons (Fsp3) is 0.556. The van der Waals surface area contributed by atoms with Crippen LogP contribution >= 0.6 is 0 Å². The van der Waals surface area contributed by atoms with E-state index in [2.05, 4.69) is 9.97 Å². The number of nitrogens with two attached hydrogens (primary N) is 1. The molecular weight excluding hydrogens is 182 g/mol. The van der Waals surface area contributed by atoms with Crippen LogP contribution in [0.3, 0.4) is 0 Å². The normalized spacial score (nSPS) is 15.1. The van der Waals surface area contributed by atoms with E-state index >= 15 is 0 Å². The van der Waals surface area contributed by atoms with Gasteiger partial charge in [-0.15, -0.1) is 0 Å². The lowest BCUT2D eigenvalue weighted by molar-refractivity contribution is 0.0146. The van der Waals surface area contributed by atoms with Gasteiger partial charge in [0.2, 0.25) is 0 Å². The van der Waals surface area contributed by atoms with Crippen molar-refractivity contribution in [1.82, 2.24) is 9.97 Å². The molecule has 1 aromatic rings. The van der Waals surface area contributed by atoms with Gasteiger partial charge in [-0.1, -0.05) is 0 Å². The Bertz CT molecular complexity index is 276. The first-order chi connectivity index (χ1) is 6.65. The maximum Gasteiger partial charge on any atom is 0.125 e. The molecule has 0 amide bonds. The number of aryl methyl sites for hydroxylation is 1. The molecule has 1 heterocycles. The molecular formula is C9H15N3O2. The zero-order chi connectivity index (χ0) is 10.6. The summed E-state index contributed by atoms with van der Waals surface area (Å²) in [6.45, 7) is 2.09. The van der Waals surface area contributed by atoms with E-state index < -0.39 is 12.2 Å². The molecule has 0 saturated heterocycles. The zero-order valence-corrected chi connectivity index (χ0v) is 8.09. The highest BCUT2D eigenvalue weighted by atomic mass is 16.3. The number of hydrogen-bond donors (Lipinski definition) is 3. The molecule has 4 N–H and O–H groups in total. The molecule has 5 nitrogen and oxygen atoms in total. The van der Waals surface area contributed by atoms with Gasteiger partial charge >= 0.3 is 0 Å². The summed E-state index contributed by atoms with van der Waals surface area (Å²) in [7, 11) is 0. The van der Waals surface area contributed by atoms with Crippen molar-refractivity contribution in [1.29, 1.82) is 0 Å². The Hall–Kier alpha value is -1.04. The largest absolute Gasteiger partial charge is 0.390 e. The standard InChI is InChI=1S/C9H15N3O2/c1-6-11-4-7(5-12-6)9(14)8(13)2-3-10/h4-5,8-9,13-14H,2-3,10H2,1H3. The lowest BCUT2D eigenvalue weighted by Crippen LogP contribution is -2.22. The van der Waals surface area contributed by atoms with Crippen molar-refractivity contribution < 1.29 is 10.2 Å². The second kappa shape index (κ2) is 4.99. The molecule has 0 aliphatic rings. The Morgan fingerprint density at radius 2 is 1.93 bits per heavy atom. The zero-order valence-electron chi connectivity index (χ0n) is 8.09. The highest BCUT2D eigenvalue weighted by molar-refractivity contribution is 5.09. The van der Waals surface area contributed by atoms with Crippen LogP contribution in [0.15, 0.2) is 12.4 Å². The number of hydrogen-bond acceptors (Lipinski definition) is 5. The van der Waals surface area contributed by atoms with Crippen molar-refractivity contribution in [3.05, 3.63) is 23.8 Å². The van der Waals surface area contributed by atoms with Gasteiger partial charge < -0.3 is 15.9 Å². The van der Waals surface area contributed by atoms with E-state index in [1.807, 2.05) is 0 Å². The van der Waals surface area contributed by atoms with E-state index in [1.54, 1.807) is 6.92 Å². The monoisotopic (exact) mass is 197 g/mol. The van der Waals surface area contributed by atoms with Crippen molar-refractivity contribution in [3.8, 4) is 0 Å². The molecule has 0 radical (unpaired) electrons. The van der Waals surface area contributed by atoms with Gasteiger partial charge in [0, 0.05) is 18.0 Å². The number of aliphatic hydroxyl groups excluding tert-OH is 2. The third-order valence-corrected chi connectivity index (χ3v) is 1.97. The first kappa shape index (κ1) is 11.0. The molecule has 2 atom stereocenters. The second-order valence-electron chi connectivity index (χ2n) is 3.15. The summed E-state index contributed by atoms with van der Waals surface area (Å²) in [4.78, 5) is 7.86. The predicted octanol–water partition coefficient (Wildman–Crippen LogP) is -0.472. The van der Waals surface area contributed by atoms with Crippen molar-refractivity contribution in [3.63, 3.8) is 0 Å². The van der Waals surface area contributed by atoms with E-state index in [0.717, 1.165) is 0 Å². The summed E-state index contributed by atoms with van der Waals surface area (Å²) in [5.41, 5.74) is 5.78. The van der Waals surface area contributed by atoms with Crippen LogP contribution in [0.2, 0.25) is 0 Å². The van der Waals surface area contributed by atoms with E-state index in [4.69, 9.17) is 5.73 Å². The smallest absolute Gasteiger partial charge is 0.125 e. The molecule has 0 aromatic carbocycles. The number of nitrogens with zero attached hydrogens (tertiary/aromatic N) is 2. The molecule has 0 aliphatic heterocycles. The molecule has 2 unspecified atom stereocenters. The fourth-order valence-corrected chi connectivity index (χ4v) is 1.11. The summed E-state index contributed by atoms with van der Waals surface area (Å²) in [6, 6.07) is 0. The molecule has 0 fully saturated rings. The number of aliphatic hydroxyl groups is 2. The Morgan fingerprint density at radius 3 is 2.43 bits per heavy atom. The summed E-state index contributed by atoms with van der Waals surface area (Å²) >= 11 is 0. The third kappa shape index (κ3) is 2.73. The van der Waals surface area contributed by atoms with Gasteiger partial charge in [0.25, 0.3) is 0 Å². The summed E-state index contributed by atoms with van der Waals surface area (Å²) in [6.07, 6.45) is 1.56. The average Bonchev–Trinajstić information content (AvgIpc) is 2.18. The third-order valence-electron chi connectivity index (χ3n) is 1.97. The highest BCUT2D eigenvalue weighted by Gasteiger charge is 2.17.